The van der Waals surface area contributed by atoms with Gasteiger partial charge in [-0.1, -0.05) is 36.4 Å². The number of aromatic nitrogens is 1. The van der Waals surface area contributed by atoms with Gasteiger partial charge in [0.1, 0.15) is 11.1 Å². The minimum Gasteiger partial charge on any atom is -0.493 e. The molecule has 5 heteroatoms. The number of rotatable bonds is 5. The highest BCUT2D eigenvalue weighted by atomic mass is 32.1. The summed E-state index contributed by atoms with van der Waals surface area (Å²) in [6.07, 6.45) is 1.80. The number of allylic oxidation sites excluding steroid dienone is 1. The second-order valence-electron chi connectivity index (χ2n) is 5.19. The van der Waals surface area contributed by atoms with Gasteiger partial charge in [-0.3, -0.25) is 0 Å². The third-order valence-corrected chi connectivity index (χ3v) is 4.52. The Kier molecular flexibility index (Phi) is 5.12. The number of hydrogen-bond donors (Lipinski definition) is 0. The van der Waals surface area contributed by atoms with Crippen molar-refractivity contribution in [2.24, 2.45) is 0 Å². The minimum absolute atomic E-state index is 0.513. The third kappa shape index (κ3) is 3.70. The normalized spacial score (nSPS) is 11.0. The van der Waals surface area contributed by atoms with Crippen molar-refractivity contribution in [1.82, 2.24) is 4.98 Å². The average Bonchev–Trinajstić information content (AvgIpc) is 3.16. The van der Waals surface area contributed by atoms with E-state index in [0.29, 0.717) is 22.1 Å². The zero-order chi connectivity index (χ0) is 17.6. The summed E-state index contributed by atoms with van der Waals surface area (Å²) in [6, 6.07) is 17.7. The second kappa shape index (κ2) is 7.65. The Labute approximate surface area is 150 Å². The molecule has 0 aliphatic heterocycles. The van der Waals surface area contributed by atoms with Crippen LogP contribution in [0.2, 0.25) is 0 Å². The molecule has 3 aromatic rings. The number of nitrogens with zero attached hydrogens (tertiary/aromatic N) is 2. The van der Waals surface area contributed by atoms with Crippen molar-refractivity contribution in [1.29, 1.82) is 5.26 Å². The van der Waals surface area contributed by atoms with Gasteiger partial charge >= 0.3 is 0 Å². The molecule has 0 bridgehead atoms. The van der Waals surface area contributed by atoms with Crippen LogP contribution in [-0.2, 0) is 0 Å². The van der Waals surface area contributed by atoms with E-state index in [1.807, 2.05) is 53.9 Å². The molecular formula is C20H16N2O2S. The molecular weight excluding hydrogens is 332 g/mol. The van der Waals surface area contributed by atoms with Crippen LogP contribution in [0.4, 0.5) is 0 Å². The van der Waals surface area contributed by atoms with E-state index in [9.17, 15) is 5.26 Å². The number of nitriles is 1. The lowest BCUT2D eigenvalue weighted by Crippen LogP contribution is -1.91. The van der Waals surface area contributed by atoms with Gasteiger partial charge in [0, 0.05) is 10.9 Å². The SMILES string of the molecule is COc1ccc(/C=C(/C#N)c2nc(-c3ccccc3)cs2)cc1OC. The predicted molar refractivity (Wildman–Crippen MR) is 101 cm³/mol. The molecule has 2 aromatic carbocycles. The van der Waals surface area contributed by atoms with E-state index in [2.05, 4.69) is 11.1 Å². The van der Waals surface area contributed by atoms with Gasteiger partial charge in [0.2, 0.25) is 0 Å². The fourth-order valence-electron chi connectivity index (χ4n) is 2.39. The molecule has 1 heterocycles. The molecule has 1 aromatic heterocycles. The van der Waals surface area contributed by atoms with Crippen LogP contribution in [0.5, 0.6) is 11.5 Å². The maximum absolute atomic E-state index is 9.54. The van der Waals surface area contributed by atoms with Gasteiger partial charge in [-0.2, -0.15) is 5.26 Å². The number of benzene rings is 2. The van der Waals surface area contributed by atoms with E-state index in [0.717, 1.165) is 16.8 Å². The zero-order valence-corrected chi connectivity index (χ0v) is 14.7. The van der Waals surface area contributed by atoms with Gasteiger partial charge in [0.05, 0.1) is 25.5 Å². The summed E-state index contributed by atoms with van der Waals surface area (Å²) < 4.78 is 10.5. The molecule has 25 heavy (non-hydrogen) atoms. The molecule has 0 N–H and O–H groups in total. The molecule has 0 atom stereocenters. The highest BCUT2D eigenvalue weighted by Crippen LogP contribution is 2.31. The first-order valence-electron chi connectivity index (χ1n) is 7.60. The lowest BCUT2D eigenvalue weighted by molar-refractivity contribution is 0.355. The molecule has 124 valence electrons. The lowest BCUT2D eigenvalue weighted by Gasteiger charge is -2.07. The average molecular weight is 348 g/mol. The van der Waals surface area contributed by atoms with E-state index >= 15 is 0 Å². The van der Waals surface area contributed by atoms with Gasteiger partial charge in [-0.25, -0.2) is 4.98 Å². The van der Waals surface area contributed by atoms with Crippen molar-refractivity contribution in [2.75, 3.05) is 14.2 Å². The molecule has 0 amide bonds. The zero-order valence-electron chi connectivity index (χ0n) is 13.9. The Morgan fingerprint density at radius 3 is 2.52 bits per heavy atom. The predicted octanol–water partition coefficient (Wildman–Crippen LogP) is 4.89. The van der Waals surface area contributed by atoms with E-state index in [4.69, 9.17) is 9.47 Å². The van der Waals surface area contributed by atoms with Crippen molar-refractivity contribution >= 4 is 23.0 Å². The van der Waals surface area contributed by atoms with Gasteiger partial charge in [0.25, 0.3) is 0 Å². The summed E-state index contributed by atoms with van der Waals surface area (Å²) >= 11 is 1.46. The summed E-state index contributed by atoms with van der Waals surface area (Å²) in [5.74, 6) is 1.27. The van der Waals surface area contributed by atoms with Crippen molar-refractivity contribution < 1.29 is 9.47 Å². The van der Waals surface area contributed by atoms with E-state index in [1.54, 1.807) is 20.3 Å². The van der Waals surface area contributed by atoms with Crippen molar-refractivity contribution in [3.05, 3.63) is 64.5 Å². The van der Waals surface area contributed by atoms with Crippen LogP contribution in [0.3, 0.4) is 0 Å². The minimum atomic E-state index is 0.513. The largest absolute Gasteiger partial charge is 0.493 e. The molecule has 0 saturated heterocycles. The van der Waals surface area contributed by atoms with Crippen molar-refractivity contribution in [3.8, 4) is 28.8 Å². The Balaban J connectivity index is 1.94. The van der Waals surface area contributed by atoms with Crippen LogP contribution < -0.4 is 9.47 Å². The first-order valence-corrected chi connectivity index (χ1v) is 8.48. The van der Waals surface area contributed by atoms with Crippen LogP contribution in [0.15, 0.2) is 53.9 Å². The maximum Gasteiger partial charge on any atom is 0.161 e. The monoisotopic (exact) mass is 348 g/mol. The van der Waals surface area contributed by atoms with E-state index < -0.39 is 0 Å². The Bertz CT molecular complexity index is 940. The first-order chi connectivity index (χ1) is 12.2. The molecule has 0 aliphatic carbocycles. The fraction of sp³-hybridized carbons (Fsp3) is 0.100. The Hall–Kier alpha value is -3.10. The van der Waals surface area contributed by atoms with Gasteiger partial charge in [-0.05, 0) is 23.8 Å². The molecule has 4 nitrogen and oxygen atoms in total. The summed E-state index contributed by atoms with van der Waals surface area (Å²) in [5.41, 5.74) is 3.27. The molecule has 3 rings (SSSR count). The molecule has 0 saturated carbocycles. The smallest absolute Gasteiger partial charge is 0.161 e. The number of ether oxygens (including phenoxy) is 2. The van der Waals surface area contributed by atoms with Gasteiger partial charge in [-0.15, -0.1) is 11.3 Å². The fourth-order valence-corrected chi connectivity index (χ4v) is 3.18. The molecule has 0 aliphatic rings. The van der Waals surface area contributed by atoms with Crippen LogP contribution in [-0.4, -0.2) is 19.2 Å². The summed E-state index contributed by atoms with van der Waals surface area (Å²) in [4.78, 5) is 4.60. The molecule has 0 radical (unpaired) electrons. The maximum atomic E-state index is 9.54. The number of methoxy groups -OCH3 is 2. The van der Waals surface area contributed by atoms with Crippen molar-refractivity contribution in [3.63, 3.8) is 0 Å². The number of thiazole rings is 1. The van der Waals surface area contributed by atoms with Gasteiger partial charge in [0.15, 0.2) is 11.5 Å². The summed E-state index contributed by atoms with van der Waals surface area (Å²) in [7, 11) is 3.18. The third-order valence-electron chi connectivity index (χ3n) is 3.64. The van der Waals surface area contributed by atoms with Crippen LogP contribution in [0, 0.1) is 11.3 Å². The highest BCUT2D eigenvalue weighted by Gasteiger charge is 2.10. The summed E-state index contributed by atoms with van der Waals surface area (Å²) in [6.45, 7) is 0. The van der Waals surface area contributed by atoms with Gasteiger partial charge < -0.3 is 9.47 Å². The molecule has 0 fully saturated rings. The first kappa shape index (κ1) is 16.7. The Morgan fingerprint density at radius 2 is 1.84 bits per heavy atom. The quantitative estimate of drug-likeness (QED) is 0.616. The molecule has 0 spiro atoms. The van der Waals surface area contributed by atoms with Crippen LogP contribution in [0.1, 0.15) is 10.6 Å². The van der Waals surface area contributed by atoms with E-state index in [-0.39, 0.29) is 0 Å². The molecule has 0 unspecified atom stereocenters. The van der Waals surface area contributed by atoms with Crippen LogP contribution in [0.25, 0.3) is 22.9 Å². The van der Waals surface area contributed by atoms with E-state index in [1.165, 1.54) is 11.3 Å². The second-order valence-corrected chi connectivity index (χ2v) is 6.05. The standard InChI is InChI=1S/C20H16N2O2S/c1-23-18-9-8-14(11-19(18)24-2)10-16(12-21)20-22-17(13-25-20)15-6-4-3-5-7-15/h3-11,13H,1-2H3/b16-10-. The lowest BCUT2D eigenvalue weighted by atomic mass is 10.1. The highest BCUT2D eigenvalue weighted by molar-refractivity contribution is 7.11. The number of hydrogen-bond acceptors (Lipinski definition) is 5. The topological polar surface area (TPSA) is 55.1 Å². The van der Waals surface area contributed by atoms with Crippen LogP contribution >= 0.6 is 11.3 Å². The van der Waals surface area contributed by atoms with Crippen molar-refractivity contribution in [2.45, 2.75) is 0 Å². The Morgan fingerprint density at radius 1 is 1.08 bits per heavy atom. The summed E-state index contributed by atoms with van der Waals surface area (Å²) in [5, 5.41) is 12.2.